The third-order valence-corrected chi connectivity index (χ3v) is 6.04. The topological polar surface area (TPSA) is 120 Å². The van der Waals surface area contributed by atoms with E-state index < -0.39 is 10.0 Å². The summed E-state index contributed by atoms with van der Waals surface area (Å²) < 4.78 is 38.4. The fourth-order valence-electron chi connectivity index (χ4n) is 3.03. The number of carbonyl (C=O) groups is 1. The number of sulfonamides is 1. The van der Waals surface area contributed by atoms with Crippen molar-refractivity contribution in [1.29, 1.82) is 0 Å². The van der Waals surface area contributed by atoms with Crippen LogP contribution in [0.5, 0.6) is 11.6 Å². The zero-order chi connectivity index (χ0) is 24.0. The van der Waals surface area contributed by atoms with E-state index in [2.05, 4.69) is 33.9 Å². The summed E-state index contributed by atoms with van der Waals surface area (Å²) in [6, 6.07) is 11.6. The highest BCUT2D eigenvalue weighted by molar-refractivity contribution is 7.92. The molecule has 0 bridgehead atoms. The van der Waals surface area contributed by atoms with Gasteiger partial charge in [-0.15, -0.1) is 0 Å². The number of hydrogen-bond donors (Lipinski definition) is 2. The molecule has 0 aliphatic heterocycles. The molecule has 2 N–H and O–H groups in total. The molecule has 0 spiro atoms. The second-order valence-electron chi connectivity index (χ2n) is 7.58. The first kappa shape index (κ1) is 24.0. The molecule has 0 aliphatic carbocycles. The molecule has 0 saturated carbocycles. The van der Waals surface area contributed by atoms with Crippen LogP contribution in [0.3, 0.4) is 0 Å². The first-order chi connectivity index (χ1) is 15.7. The number of hydrogen-bond acceptors (Lipinski definition) is 7. The number of aryl methyl sites for hydroxylation is 1. The monoisotopic (exact) mass is 470 g/mol. The van der Waals surface area contributed by atoms with E-state index in [1.54, 1.807) is 0 Å². The van der Waals surface area contributed by atoms with Crippen LogP contribution in [0, 0.1) is 6.92 Å². The van der Waals surface area contributed by atoms with Crippen LogP contribution in [0.25, 0.3) is 0 Å². The van der Waals surface area contributed by atoms with Gasteiger partial charge in [0.2, 0.25) is 5.82 Å². The number of anilines is 2. The minimum Gasteiger partial charge on any atom is -0.483 e. The first-order valence-electron chi connectivity index (χ1n) is 10.2. The van der Waals surface area contributed by atoms with Crippen LogP contribution in [-0.2, 0) is 14.8 Å². The lowest BCUT2D eigenvalue weighted by atomic mass is 10.0. The Morgan fingerprint density at radius 2 is 1.76 bits per heavy atom. The Bertz CT molecular complexity index is 1230. The number of methoxy groups -OCH3 is 1. The average molecular weight is 471 g/mol. The van der Waals surface area contributed by atoms with Crippen LogP contribution in [0.2, 0.25) is 0 Å². The maximum atomic E-state index is 12.6. The maximum absolute atomic E-state index is 12.6. The largest absolute Gasteiger partial charge is 0.483 e. The van der Waals surface area contributed by atoms with E-state index in [4.69, 9.17) is 9.47 Å². The Hall–Kier alpha value is -3.66. The summed E-state index contributed by atoms with van der Waals surface area (Å²) in [5.41, 5.74) is 2.50. The molecule has 1 heterocycles. The van der Waals surface area contributed by atoms with Gasteiger partial charge in [0.1, 0.15) is 5.75 Å². The lowest BCUT2D eigenvalue weighted by molar-refractivity contribution is -0.118. The van der Waals surface area contributed by atoms with Gasteiger partial charge in [-0.25, -0.2) is 18.4 Å². The second-order valence-corrected chi connectivity index (χ2v) is 9.26. The third-order valence-electron chi connectivity index (χ3n) is 4.69. The molecule has 1 amide bonds. The number of carbonyl (C=O) groups excluding carboxylic acids is 1. The van der Waals surface area contributed by atoms with Crippen molar-refractivity contribution >= 4 is 27.4 Å². The molecular weight excluding hydrogens is 444 g/mol. The van der Waals surface area contributed by atoms with E-state index in [1.165, 1.54) is 43.8 Å². The quantitative estimate of drug-likeness (QED) is 0.489. The normalized spacial score (nSPS) is 11.2. The highest BCUT2D eigenvalue weighted by atomic mass is 32.2. The van der Waals surface area contributed by atoms with Crippen LogP contribution >= 0.6 is 0 Å². The predicted octanol–water partition coefficient (Wildman–Crippen LogP) is 3.74. The van der Waals surface area contributed by atoms with E-state index in [9.17, 15) is 13.2 Å². The summed E-state index contributed by atoms with van der Waals surface area (Å²) in [5.74, 6) is 0.607. The van der Waals surface area contributed by atoms with Crippen molar-refractivity contribution in [3.8, 4) is 11.6 Å². The summed E-state index contributed by atoms with van der Waals surface area (Å²) in [6.45, 7) is 5.91. The number of nitrogens with zero attached hydrogens (tertiary/aromatic N) is 2. The summed E-state index contributed by atoms with van der Waals surface area (Å²) in [4.78, 5) is 20.2. The van der Waals surface area contributed by atoms with Crippen molar-refractivity contribution in [1.82, 2.24) is 9.97 Å². The number of amides is 1. The van der Waals surface area contributed by atoms with Gasteiger partial charge < -0.3 is 14.8 Å². The minimum absolute atomic E-state index is 0.00853. The second kappa shape index (κ2) is 10.3. The SMILES string of the molecule is COc1nccnc1NS(=O)(=O)c1ccc(NC(=O)COc2cc(C)ccc2C(C)C)cc1. The standard InChI is InChI=1S/C23H26N4O5S/c1-15(2)19-10-5-16(3)13-20(19)32-14-21(28)26-17-6-8-18(9-7-17)33(29,30)27-22-23(31-4)25-12-11-24-22/h5-13,15H,14H2,1-4H3,(H,24,27)(H,26,28). The number of ether oxygens (including phenoxy) is 2. The fraction of sp³-hybridized carbons (Fsp3) is 0.261. The molecule has 10 heteroatoms. The van der Waals surface area contributed by atoms with Crippen LogP contribution in [0.15, 0.2) is 59.8 Å². The van der Waals surface area contributed by atoms with E-state index in [0.717, 1.165) is 11.1 Å². The highest BCUT2D eigenvalue weighted by Gasteiger charge is 2.18. The van der Waals surface area contributed by atoms with Crippen LogP contribution in [0.4, 0.5) is 11.5 Å². The van der Waals surface area contributed by atoms with Gasteiger partial charge in [-0.05, 0) is 54.3 Å². The van der Waals surface area contributed by atoms with Gasteiger partial charge >= 0.3 is 0 Å². The van der Waals surface area contributed by atoms with Crippen molar-refractivity contribution in [3.05, 3.63) is 66.0 Å². The number of rotatable bonds is 9. The van der Waals surface area contributed by atoms with Crippen LogP contribution in [-0.4, -0.2) is 38.0 Å². The van der Waals surface area contributed by atoms with E-state index in [1.807, 2.05) is 25.1 Å². The Morgan fingerprint density at radius 1 is 1.06 bits per heavy atom. The van der Waals surface area contributed by atoms with Crippen molar-refractivity contribution < 1.29 is 22.7 Å². The molecule has 2 aromatic carbocycles. The molecule has 0 unspecified atom stereocenters. The molecule has 0 fully saturated rings. The maximum Gasteiger partial charge on any atom is 0.263 e. The van der Waals surface area contributed by atoms with Crippen LogP contribution < -0.4 is 19.5 Å². The number of aromatic nitrogens is 2. The number of benzene rings is 2. The van der Waals surface area contributed by atoms with Crippen molar-refractivity contribution in [2.45, 2.75) is 31.6 Å². The lowest BCUT2D eigenvalue weighted by Crippen LogP contribution is -2.21. The summed E-state index contributed by atoms with van der Waals surface area (Å²) >= 11 is 0. The van der Waals surface area contributed by atoms with Gasteiger partial charge in [0, 0.05) is 18.1 Å². The summed E-state index contributed by atoms with van der Waals surface area (Å²) in [7, 11) is -2.56. The number of nitrogens with one attached hydrogen (secondary N) is 2. The third kappa shape index (κ3) is 6.19. The first-order valence-corrected chi connectivity index (χ1v) is 11.7. The Kier molecular flexibility index (Phi) is 7.49. The smallest absolute Gasteiger partial charge is 0.263 e. The summed E-state index contributed by atoms with van der Waals surface area (Å²) in [5, 5.41) is 2.70. The van der Waals surface area contributed by atoms with Crippen molar-refractivity contribution in [3.63, 3.8) is 0 Å². The van der Waals surface area contributed by atoms with Crippen molar-refractivity contribution in [2.75, 3.05) is 23.8 Å². The van der Waals surface area contributed by atoms with Gasteiger partial charge in [0.25, 0.3) is 21.8 Å². The molecule has 174 valence electrons. The highest BCUT2D eigenvalue weighted by Crippen LogP contribution is 2.27. The molecule has 1 aromatic heterocycles. The molecular formula is C23H26N4O5S. The minimum atomic E-state index is -3.92. The molecule has 9 nitrogen and oxygen atoms in total. The Balaban J connectivity index is 1.63. The van der Waals surface area contributed by atoms with E-state index in [0.29, 0.717) is 11.4 Å². The van der Waals surface area contributed by atoms with E-state index in [-0.39, 0.29) is 35.0 Å². The average Bonchev–Trinajstić information content (AvgIpc) is 2.78. The Labute approximate surface area is 193 Å². The van der Waals surface area contributed by atoms with Crippen molar-refractivity contribution in [2.24, 2.45) is 0 Å². The van der Waals surface area contributed by atoms with Gasteiger partial charge in [0.15, 0.2) is 6.61 Å². The lowest BCUT2D eigenvalue weighted by Gasteiger charge is -2.15. The molecule has 3 rings (SSSR count). The van der Waals surface area contributed by atoms with Gasteiger partial charge in [-0.1, -0.05) is 26.0 Å². The van der Waals surface area contributed by atoms with Gasteiger partial charge in [-0.2, -0.15) is 0 Å². The van der Waals surface area contributed by atoms with Gasteiger partial charge in [-0.3, -0.25) is 9.52 Å². The predicted molar refractivity (Wildman–Crippen MR) is 125 cm³/mol. The molecule has 0 aliphatic rings. The van der Waals surface area contributed by atoms with Gasteiger partial charge in [0.05, 0.1) is 12.0 Å². The van der Waals surface area contributed by atoms with E-state index >= 15 is 0 Å². The Morgan fingerprint density at radius 3 is 2.42 bits per heavy atom. The molecule has 0 saturated heterocycles. The molecule has 3 aromatic rings. The molecule has 0 atom stereocenters. The summed E-state index contributed by atoms with van der Waals surface area (Å²) in [6.07, 6.45) is 2.74. The molecule has 0 radical (unpaired) electrons. The zero-order valence-electron chi connectivity index (χ0n) is 18.8. The van der Waals surface area contributed by atoms with Crippen LogP contribution in [0.1, 0.15) is 30.9 Å². The zero-order valence-corrected chi connectivity index (χ0v) is 19.6. The molecule has 33 heavy (non-hydrogen) atoms. The fourth-order valence-corrected chi connectivity index (χ4v) is 4.04.